The van der Waals surface area contributed by atoms with E-state index in [0.717, 1.165) is 13.1 Å². The molecule has 1 aromatic carbocycles. The van der Waals surface area contributed by atoms with Gasteiger partial charge in [-0.2, -0.15) is 5.10 Å². The quantitative estimate of drug-likeness (QED) is 0.673. The highest BCUT2D eigenvalue weighted by Crippen LogP contribution is 2.09. The molecule has 0 radical (unpaired) electrons. The van der Waals surface area contributed by atoms with Crippen molar-refractivity contribution in [1.82, 2.24) is 5.01 Å². The number of rotatable bonds is 2. The summed E-state index contributed by atoms with van der Waals surface area (Å²) >= 11 is 0. The van der Waals surface area contributed by atoms with Crippen LogP contribution in [0, 0.1) is 0 Å². The standard InChI is InChI=1S/C13H18N2/c1-2-7-11-15(10-6-1)14-12-13-8-4-3-5-9-13/h3-5,8-9,12H,1-2,6-7,10-11H2/b14-12+. The van der Waals surface area contributed by atoms with Crippen LogP contribution in [0.1, 0.15) is 31.2 Å². The average Bonchev–Trinajstić information content (AvgIpc) is 2.56. The fourth-order valence-electron chi connectivity index (χ4n) is 1.86. The molecular weight excluding hydrogens is 184 g/mol. The molecule has 1 saturated heterocycles. The molecule has 0 atom stereocenters. The summed E-state index contributed by atoms with van der Waals surface area (Å²) < 4.78 is 0. The highest BCUT2D eigenvalue weighted by atomic mass is 15.4. The van der Waals surface area contributed by atoms with Gasteiger partial charge in [-0.15, -0.1) is 0 Å². The Hall–Kier alpha value is -1.31. The van der Waals surface area contributed by atoms with Gasteiger partial charge in [-0.05, 0) is 18.4 Å². The summed E-state index contributed by atoms with van der Waals surface area (Å²) in [7, 11) is 0. The van der Waals surface area contributed by atoms with Crippen LogP contribution in [0.5, 0.6) is 0 Å². The molecule has 1 aliphatic rings. The van der Waals surface area contributed by atoms with Gasteiger partial charge in [0.25, 0.3) is 0 Å². The van der Waals surface area contributed by atoms with Crippen molar-refractivity contribution < 1.29 is 0 Å². The summed E-state index contributed by atoms with van der Waals surface area (Å²) in [6.07, 6.45) is 7.25. The highest BCUT2D eigenvalue weighted by molar-refractivity contribution is 5.79. The predicted octanol–water partition coefficient (Wildman–Crippen LogP) is 2.90. The van der Waals surface area contributed by atoms with E-state index in [-0.39, 0.29) is 0 Å². The monoisotopic (exact) mass is 202 g/mol. The van der Waals surface area contributed by atoms with Gasteiger partial charge in [0.2, 0.25) is 0 Å². The third-order valence-corrected chi connectivity index (χ3v) is 2.75. The summed E-state index contributed by atoms with van der Waals surface area (Å²) in [6.45, 7) is 2.23. The fourth-order valence-corrected chi connectivity index (χ4v) is 1.86. The van der Waals surface area contributed by atoms with Gasteiger partial charge < -0.3 is 0 Å². The summed E-state index contributed by atoms with van der Waals surface area (Å²) in [5.41, 5.74) is 1.18. The Morgan fingerprint density at radius 2 is 1.60 bits per heavy atom. The fraction of sp³-hybridized carbons (Fsp3) is 0.462. The summed E-state index contributed by atoms with van der Waals surface area (Å²) in [4.78, 5) is 0. The minimum atomic E-state index is 1.11. The largest absolute Gasteiger partial charge is 0.297 e. The van der Waals surface area contributed by atoms with Gasteiger partial charge in [0, 0.05) is 13.1 Å². The van der Waals surface area contributed by atoms with Crippen molar-refractivity contribution in [2.24, 2.45) is 5.10 Å². The first kappa shape index (κ1) is 10.2. The first-order valence-corrected chi connectivity index (χ1v) is 5.79. The van der Waals surface area contributed by atoms with E-state index in [9.17, 15) is 0 Å². The smallest absolute Gasteiger partial charge is 0.0542 e. The minimum absolute atomic E-state index is 1.11. The van der Waals surface area contributed by atoms with Crippen molar-refractivity contribution in [3.8, 4) is 0 Å². The Labute approximate surface area is 91.6 Å². The van der Waals surface area contributed by atoms with Gasteiger partial charge in [-0.25, -0.2) is 0 Å². The molecular formula is C13H18N2. The lowest BCUT2D eigenvalue weighted by molar-refractivity contribution is 0.302. The van der Waals surface area contributed by atoms with Crippen molar-refractivity contribution in [2.75, 3.05) is 13.1 Å². The molecule has 15 heavy (non-hydrogen) atoms. The van der Waals surface area contributed by atoms with Crippen molar-refractivity contribution in [3.05, 3.63) is 35.9 Å². The second kappa shape index (κ2) is 5.54. The molecule has 0 unspecified atom stereocenters. The molecule has 1 aromatic rings. The topological polar surface area (TPSA) is 15.6 Å². The van der Waals surface area contributed by atoms with Crippen molar-refractivity contribution in [1.29, 1.82) is 0 Å². The molecule has 80 valence electrons. The second-order valence-corrected chi connectivity index (χ2v) is 4.02. The molecule has 0 aromatic heterocycles. The zero-order chi connectivity index (χ0) is 10.3. The Balaban J connectivity index is 1.92. The van der Waals surface area contributed by atoms with Gasteiger partial charge in [0.15, 0.2) is 0 Å². The van der Waals surface area contributed by atoms with E-state index in [1.54, 1.807) is 0 Å². The molecule has 2 rings (SSSR count). The number of nitrogens with zero attached hydrogens (tertiary/aromatic N) is 2. The Bertz CT molecular complexity index is 298. The lowest BCUT2D eigenvalue weighted by Crippen LogP contribution is -2.18. The van der Waals surface area contributed by atoms with E-state index >= 15 is 0 Å². The molecule has 0 aliphatic carbocycles. The SMILES string of the molecule is C(=N\N1CCCCCC1)/c1ccccc1. The molecule has 0 saturated carbocycles. The molecule has 1 heterocycles. The number of hydrogen-bond donors (Lipinski definition) is 0. The van der Waals surface area contributed by atoms with Crippen LogP contribution in [0.4, 0.5) is 0 Å². The van der Waals surface area contributed by atoms with E-state index in [4.69, 9.17) is 0 Å². The summed E-state index contributed by atoms with van der Waals surface area (Å²) in [5.74, 6) is 0. The van der Waals surface area contributed by atoms with Crippen molar-refractivity contribution in [2.45, 2.75) is 25.7 Å². The van der Waals surface area contributed by atoms with Gasteiger partial charge in [-0.1, -0.05) is 43.2 Å². The maximum Gasteiger partial charge on any atom is 0.0542 e. The van der Waals surface area contributed by atoms with E-state index < -0.39 is 0 Å². The second-order valence-electron chi connectivity index (χ2n) is 4.02. The van der Waals surface area contributed by atoms with Crippen LogP contribution >= 0.6 is 0 Å². The predicted molar refractivity (Wildman–Crippen MR) is 64.1 cm³/mol. The van der Waals surface area contributed by atoms with E-state index in [2.05, 4.69) is 22.2 Å². The molecule has 1 aliphatic heterocycles. The average molecular weight is 202 g/mol. The van der Waals surface area contributed by atoms with Crippen LogP contribution in [0.25, 0.3) is 0 Å². The molecule has 2 nitrogen and oxygen atoms in total. The zero-order valence-electron chi connectivity index (χ0n) is 9.10. The Morgan fingerprint density at radius 3 is 2.27 bits per heavy atom. The molecule has 0 spiro atoms. The Kier molecular flexibility index (Phi) is 3.77. The van der Waals surface area contributed by atoms with E-state index in [1.807, 2.05) is 24.4 Å². The molecule has 0 amide bonds. The molecule has 1 fully saturated rings. The first-order chi connectivity index (χ1) is 7.45. The van der Waals surface area contributed by atoms with Crippen molar-refractivity contribution >= 4 is 6.21 Å². The summed E-state index contributed by atoms with van der Waals surface area (Å²) in [6, 6.07) is 10.3. The van der Waals surface area contributed by atoms with Gasteiger partial charge >= 0.3 is 0 Å². The number of hydrazone groups is 1. The maximum absolute atomic E-state index is 4.52. The van der Waals surface area contributed by atoms with Crippen LogP contribution in [-0.4, -0.2) is 24.3 Å². The van der Waals surface area contributed by atoms with Crippen LogP contribution < -0.4 is 0 Å². The van der Waals surface area contributed by atoms with E-state index in [0.29, 0.717) is 0 Å². The van der Waals surface area contributed by atoms with Gasteiger partial charge in [0.1, 0.15) is 0 Å². The number of hydrogen-bond acceptors (Lipinski definition) is 2. The van der Waals surface area contributed by atoms with Crippen LogP contribution in [0.3, 0.4) is 0 Å². The van der Waals surface area contributed by atoms with Gasteiger partial charge in [-0.3, -0.25) is 5.01 Å². The zero-order valence-corrected chi connectivity index (χ0v) is 9.10. The third kappa shape index (κ3) is 3.39. The molecule has 2 heteroatoms. The number of benzene rings is 1. The van der Waals surface area contributed by atoms with E-state index in [1.165, 1.54) is 31.2 Å². The van der Waals surface area contributed by atoms with Crippen LogP contribution in [0.2, 0.25) is 0 Å². The van der Waals surface area contributed by atoms with Crippen LogP contribution in [0.15, 0.2) is 35.4 Å². The lowest BCUT2D eigenvalue weighted by Gasteiger charge is -2.15. The maximum atomic E-state index is 4.52. The summed E-state index contributed by atoms with van der Waals surface area (Å²) in [5, 5.41) is 6.72. The Morgan fingerprint density at radius 1 is 0.933 bits per heavy atom. The first-order valence-electron chi connectivity index (χ1n) is 5.79. The minimum Gasteiger partial charge on any atom is -0.297 e. The normalized spacial score (nSPS) is 18.0. The molecule has 0 bridgehead atoms. The highest BCUT2D eigenvalue weighted by Gasteiger charge is 2.04. The van der Waals surface area contributed by atoms with Crippen LogP contribution in [-0.2, 0) is 0 Å². The molecule has 0 N–H and O–H groups in total. The lowest BCUT2D eigenvalue weighted by atomic mass is 10.2. The van der Waals surface area contributed by atoms with Crippen molar-refractivity contribution in [3.63, 3.8) is 0 Å². The third-order valence-electron chi connectivity index (χ3n) is 2.75. The van der Waals surface area contributed by atoms with Gasteiger partial charge in [0.05, 0.1) is 6.21 Å².